The first-order chi connectivity index (χ1) is 6.75. The first-order valence-corrected chi connectivity index (χ1v) is 4.28. The average molecular weight is 198 g/mol. The second-order valence-electron chi connectivity index (χ2n) is 2.69. The minimum atomic E-state index is -0.698. The number of carbonyl (C=O) groups is 1. The van der Waals surface area contributed by atoms with Crippen LogP contribution in [0.1, 0.15) is 16.8 Å². The Hall–Kier alpha value is -1.42. The van der Waals surface area contributed by atoms with Gasteiger partial charge in [-0.25, -0.2) is 9.18 Å². The molecule has 0 bridgehead atoms. The number of benzene rings is 1. The quantitative estimate of drug-likeness (QED) is 0.587. The molecule has 1 N–H and O–H groups in total. The van der Waals surface area contributed by atoms with Gasteiger partial charge in [-0.1, -0.05) is 12.1 Å². The molecule has 0 atom stereocenters. The summed E-state index contributed by atoms with van der Waals surface area (Å²) in [6.45, 7) is 0.0498. The van der Waals surface area contributed by atoms with Crippen molar-refractivity contribution < 1.29 is 19.0 Å². The highest BCUT2D eigenvalue weighted by Crippen LogP contribution is 2.07. The monoisotopic (exact) mass is 198 g/mol. The predicted octanol–water partition coefficient (Wildman–Crippen LogP) is 1.36. The molecule has 0 amide bonds. The number of carbonyl (C=O) groups excluding carboxylic acids is 1. The van der Waals surface area contributed by atoms with Crippen LogP contribution in [0.15, 0.2) is 24.3 Å². The first-order valence-electron chi connectivity index (χ1n) is 4.28. The topological polar surface area (TPSA) is 46.5 Å². The number of aliphatic hydroxyl groups is 1. The molecule has 1 aromatic carbocycles. The van der Waals surface area contributed by atoms with Gasteiger partial charge in [0.25, 0.3) is 0 Å². The van der Waals surface area contributed by atoms with Crippen molar-refractivity contribution in [2.24, 2.45) is 0 Å². The van der Waals surface area contributed by atoms with Crippen molar-refractivity contribution >= 4 is 5.97 Å². The van der Waals surface area contributed by atoms with Crippen LogP contribution in [-0.2, 0) is 4.74 Å². The average Bonchev–Trinajstić information content (AvgIpc) is 2.18. The highest BCUT2D eigenvalue weighted by Gasteiger charge is 2.11. The number of ether oxygens (including phenoxy) is 1. The summed E-state index contributed by atoms with van der Waals surface area (Å²) in [4.78, 5) is 11.2. The zero-order valence-corrected chi connectivity index (χ0v) is 7.57. The van der Waals surface area contributed by atoms with Gasteiger partial charge in [0.15, 0.2) is 0 Å². The van der Waals surface area contributed by atoms with Crippen LogP contribution in [0.2, 0.25) is 0 Å². The van der Waals surface area contributed by atoms with Crippen molar-refractivity contribution in [3.63, 3.8) is 0 Å². The molecule has 0 fully saturated rings. The second kappa shape index (κ2) is 5.34. The van der Waals surface area contributed by atoms with Crippen molar-refractivity contribution in [2.45, 2.75) is 6.42 Å². The zero-order chi connectivity index (χ0) is 10.4. The first kappa shape index (κ1) is 10.7. The number of hydrogen-bond donors (Lipinski definition) is 1. The molecule has 14 heavy (non-hydrogen) atoms. The maximum atomic E-state index is 13.0. The van der Waals surface area contributed by atoms with E-state index in [1.165, 1.54) is 18.2 Å². The molecule has 0 spiro atoms. The number of rotatable bonds is 4. The van der Waals surface area contributed by atoms with E-state index in [1.807, 2.05) is 0 Å². The molecule has 0 aromatic heterocycles. The SMILES string of the molecule is O=C(OCCCO)c1ccccc1F. The van der Waals surface area contributed by atoms with E-state index in [9.17, 15) is 9.18 Å². The maximum Gasteiger partial charge on any atom is 0.341 e. The highest BCUT2D eigenvalue weighted by molar-refractivity contribution is 5.89. The summed E-state index contributed by atoms with van der Waals surface area (Å²) in [7, 11) is 0. The van der Waals surface area contributed by atoms with Gasteiger partial charge in [-0.3, -0.25) is 0 Å². The van der Waals surface area contributed by atoms with E-state index < -0.39 is 11.8 Å². The van der Waals surface area contributed by atoms with Crippen LogP contribution in [0.3, 0.4) is 0 Å². The molecule has 0 aliphatic carbocycles. The third kappa shape index (κ3) is 2.81. The molecule has 0 aliphatic heterocycles. The molecular formula is C10H11FO3. The predicted molar refractivity (Wildman–Crippen MR) is 48.4 cm³/mol. The lowest BCUT2D eigenvalue weighted by Crippen LogP contribution is -2.09. The molecule has 4 heteroatoms. The van der Waals surface area contributed by atoms with Gasteiger partial charge >= 0.3 is 5.97 Å². The van der Waals surface area contributed by atoms with Crippen LogP contribution >= 0.6 is 0 Å². The molecule has 1 rings (SSSR count). The lowest BCUT2D eigenvalue weighted by molar-refractivity contribution is 0.0477. The Morgan fingerprint density at radius 3 is 2.79 bits per heavy atom. The van der Waals surface area contributed by atoms with Gasteiger partial charge in [-0.2, -0.15) is 0 Å². The van der Waals surface area contributed by atoms with Gasteiger partial charge < -0.3 is 9.84 Å². The molecule has 3 nitrogen and oxygen atoms in total. The summed E-state index contributed by atoms with van der Waals surface area (Å²) in [5.74, 6) is -1.29. The fraction of sp³-hybridized carbons (Fsp3) is 0.300. The van der Waals surface area contributed by atoms with E-state index in [0.29, 0.717) is 6.42 Å². The Kier molecular flexibility index (Phi) is 4.07. The van der Waals surface area contributed by atoms with E-state index in [0.717, 1.165) is 0 Å². The fourth-order valence-corrected chi connectivity index (χ4v) is 0.934. The Balaban J connectivity index is 2.56. The molecule has 0 radical (unpaired) electrons. The smallest absolute Gasteiger partial charge is 0.341 e. The molecule has 0 unspecified atom stereocenters. The van der Waals surface area contributed by atoms with Crippen LogP contribution in [0.25, 0.3) is 0 Å². The van der Waals surface area contributed by atoms with Gasteiger partial charge in [0.2, 0.25) is 0 Å². The summed E-state index contributed by atoms with van der Waals surface area (Å²) < 4.78 is 17.7. The van der Waals surface area contributed by atoms with E-state index in [4.69, 9.17) is 9.84 Å². The minimum Gasteiger partial charge on any atom is -0.462 e. The van der Waals surface area contributed by atoms with Crippen LogP contribution in [0.4, 0.5) is 4.39 Å². The van der Waals surface area contributed by atoms with Crippen molar-refractivity contribution in [1.29, 1.82) is 0 Å². The summed E-state index contributed by atoms with van der Waals surface area (Å²) in [6, 6.07) is 5.62. The highest BCUT2D eigenvalue weighted by atomic mass is 19.1. The lowest BCUT2D eigenvalue weighted by Gasteiger charge is -2.03. The Bertz CT molecular complexity index is 312. The van der Waals surface area contributed by atoms with E-state index in [2.05, 4.69) is 0 Å². The van der Waals surface area contributed by atoms with Gasteiger partial charge in [0.05, 0.1) is 12.2 Å². The third-order valence-corrected chi connectivity index (χ3v) is 1.63. The molecule has 0 heterocycles. The second-order valence-corrected chi connectivity index (χ2v) is 2.69. The minimum absolute atomic E-state index is 0.0510. The summed E-state index contributed by atoms with van der Waals surface area (Å²) in [5, 5.41) is 8.44. The van der Waals surface area contributed by atoms with E-state index >= 15 is 0 Å². The molecule has 0 saturated carbocycles. The van der Waals surface area contributed by atoms with Crippen LogP contribution < -0.4 is 0 Å². The van der Waals surface area contributed by atoms with Crippen LogP contribution in [0.5, 0.6) is 0 Å². The fourth-order valence-electron chi connectivity index (χ4n) is 0.934. The normalized spacial score (nSPS) is 9.86. The van der Waals surface area contributed by atoms with E-state index in [-0.39, 0.29) is 18.8 Å². The summed E-state index contributed by atoms with van der Waals surface area (Å²) in [5.41, 5.74) is -0.0783. The largest absolute Gasteiger partial charge is 0.462 e. The number of aliphatic hydroxyl groups excluding tert-OH is 1. The van der Waals surface area contributed by atoms with Gasteiger partial charge in [0.1, 0.15) is 5.82 Å². The Morgan fingerprint density at radius 2 is 2.14 bits per heavy atom. The van der Waals surface area contributed by atoms with Crippen molar-refractivity contribution in [3.8, 4) is 0 Å². The molecule has 1 aromatic rings. The standard InChI is InChI=1S/C10H11FO3/c11-9-5-2-1-4-8(9)10(13)14-7-3-6-12/h1-2,4-5,12H,3,6-7H2. The van der Waals surface area contributed by atoms with Crippen LogP contribution in [0, 0.1) is 5.82 Å². The Morgan fingerprint density at radius 1 is 1.43 bits per heavy atom. The van der Waals surface area contributed by atoms with E-state index in [1.54, 1.807) is 6.07 Å². The summed E-state index contributed by atoms with van der Waals surface area (Å²) >= 11 is 0. The van der Waals surface area contributed by atoms with Gasteiger partial charge in [-0.05, 0) is 12.1 Å². The molecular weight excluding hydrogens is 187 g/mol. The van der Waals surface area contributed by atoms with Crippen molar-refractivity contribution in [1.82, 2.24) is 0 Å². The van der Waals surface area contributed by atoms with Crippen molar-refractivity contribution in [3.05, 3.63) is 35.6 Å². The third-order valence-electron chi connectivity index (χ3n) is 1.63. The maximum absolute atomic E-state index is 13.0. The van der Waals surface area contributed by atoms with Gasteiger partial charge in [-0.15, -0.1) is 0 Å². The zero-order valence-electron chi connectivity index (χ0n) is 7.57. The number of halogens is 1. The lowest BCUT2D eigenvalue weighted by atomic mass is 10.2. The summed E-state index contributed by atoms with van der Waals surface area (Å²) in [6.07, 6.45) is 0.361. The molecule has 76 valence electrons. The van der Waals surface area contributed by atoms with Gasteiger partial charge in [0, 0.05) is 13.0 Å². The number of hydrogen-bond acceptors (Lipinski definition) is 3. The molecule has 0 saturated heterocycles. The van der Waals surface area contributed by atoms with Crippen LogP contribution in [-0.4, -0.2) is 24.3 Å². The number of esters is 1. The Labute approximate surface area is 81.1 Å². The van der Waals surface area contributed by atoms with Crippen molar-refractivity contribution in [2.75, 3.05) is 13.2 Å². The molecule has 0 aliphatic rings.